The highest BCUT2D eigenvalue weighted by molar-refractivity contribution is 5.85. The van der Waals surface area contributed by atoms with Crippen molar-refractivity contribution in [3.05, 3.63) is 59.2 Å². The van der Waals surface area contributed by atoms with Gasteiger partial charge in [-0.2, -0.15) is 0 Å². The zero-order valence-electron chi connectivity index (χ0n) is 15.3. The number of amides is 1. The average molecular weight is 377 g/mol. The molecule has 2 aromatic rings. The first-order valence-electron chi connectivity index (χ1n) is 8.43. The Labute approximate surface area is 160 Å². The quantitative estimate of drug-likeness (QED) is 0.871. The van der Waals surface area contributed by atoms with Crippen molar-refractivity contribution >= 4 is 18.3 Å². The SMILES string of the molecule is CNCC(=O)N1CCc2cc(OC)c(OC)cc2C1c1ccccc1.Cl. The summed E-state index contributed by atoms with van der Waals surface area (Å²) >= 11 is 0. The number of halogens is 1. The van der Waals surface area contributed by atoms with E-state index in [1.54, 1.807) is 21.3 Å². The summed E-state index contributed by atoms with van der Waals surface area (Å²) in [6.07, 6.45) is 0.800. The van der Waals surface area contributed by atoms with Crippen LogP contribution in [-0.4, -0.2) is 45.2 Å². The van der Waals surface area contributed by atoms with Crippen LogP contribution in [0.1, 0.15) is 22.7 Å². The van der Waals surface area contributed by atoms with Crippen LogP contribution in [0, 0.1) is 0 Å². The maximum absolute atomic E-state index is 12.7. The fraction of sp³-hybridized carbons (Fsp3) is 0.350. The van der Waals surface area contributed by atoms with Crippen molar-refractivity contribution in [1.82, 2.24) is 10.2 Å². The Morgan fingerprint density at radius 1 is 1.15 bits per heavy atom. The second kappa shape index (κ2) is 8.92. The Balaban J connectivity index is 0.00000243. The molecule has 0 aliphatic carbocycles. The maximum Gasteiger partial charge on any atom is 0.237 e. The summed E-state index contributed by atoms with van der Waals surface area (Å²) in [5, 5.41) is 2.97. The van der Waals surface area contributed by atoms with Crippen LogP contribution in [0.3, 0.4) is 0 Å². The molecular weight excluding hydrogens is 352 g/mol. The number of methoxy groups -OCH3 is 2. The van der Waals surface area contributed by atoms with Gasteiger partial charge in [-0.15, -0.1) is 12.4 Å². The number of hydrogen-bond donors (Lipinski definition) is 1. The lowest BCUT2D eigenvalue weighted by Crippen LogP contribution is -2.44. The minimum absolute atomic E-state index is 0. The van der Waals surface area contributed by atoms with Crippen LogP contribution in [0.4, 0.5) is 0 Å². The number of carbonyl (C=O) groups is 1. The van der Waals surface area contributed by atoms with Crippen molar-refractivity contribution in [2.45, 2.75) is 12.5 Å². The lowest BCUT2D eigenvalue weighted by atomic mass is 9.87. The third-order valence-electron chi connectivity index (χ3n) is 4.64. The molecule has 1 N–H and O–H groups in total. The zero-order chi connectivity index (χ0) is 17.8. The molecule has 1 amide bonds. The van der Waals surface area contributed by atoms with Crippen molar-refractivity contribution in [3.63, 3.8) is 0 Å². The van der Waals surface area contributed by atoms with Crippen molar-refractivity contribution < 1.29 is 14.3 Å². The van der Waals surface area contributed by atoms with E-state index in [0.717, 1.165) is 23.3 Å². The van der Waals surface area contributed by atoms with Crippen molar-refractivity contribution in [3.8, 4) is 11.5 Å². The molecule has 6 heteroatoms. The molecule has 0 saturated heterocycles. The molecule has 2 aromatic carbocycles. The van der Waals surface area contributed by atoms with Gasteiger partial charge >= 0.3 is 0 Å². The van der Waals surface area contributed by atoms with E-state index in [1.807, 2.05) is 35.2 Å². The van der Waals surface area contributed by atoms with Gasteiger partial charge in [0.1, 0.15) is 0 Å². The van der Waals surface area contributed by atoms with Crippen LogP contribution < -0.4 is 14.8 Å². The smallest absolute Gasteiger partial charge is 0.237 e. The van der Waals surface area contributed by atoms with Gasteiger partial charge in [-0.3, -0.25) is 4.79 Å². The summed E-state index contributed by atoms with van der Waals surface area (Å²) in [6.45, 7) is 1.01. The molecular formula is C20H25ClN2O3. The van der Waals surface area contributed by atoms with E-state index in [0.29, 0.717) is 18.8 Å². The van der Waals surface area contributed by atoms with E-state index >= 15 is 0 Å². The number of ether oxygens (including phenoxy) is 2. The second-order valence-corrected chi connectivity index (χ2v) is 6.09. The molecule has 1 heterocycles. The van der Waals surface area contributed by atoms with E-state index in [9.17, 15) is 4.79 Å². The summed E-state index contributed by atoms with van der Waals surface area (Å²) in [5.74, 6) is 1.50. The number of hydrogen-bond acceptors (Lipinski definition) is 4. The summed E-state index contributed by atoms with van der Waals surface area (Å²) < 4.78 is 10.9. The van der Waals surface area contributed by atoms with Gasteiger partial charge in [-0.1, -0.05) is 30.3 Å². The predicted molar refractivity (Wildman–Crippen MR) is 104 cm³/mol. The van der Waals surface area contributed by atoms with Gasteiger partial charge in [0.05, 0.1) is 26.8 Å². The van der Waals surface area contributed by atoms with Crippen molar-refractivity contribution in [2.75, 3.05) is 34.4 Å². The summed E-state index contributed by atoms with van der Waals surface area (Å²) in [6, 6.07) is 14.0. The Morgan fingerprint density at radius 2 is 1.81 bits per heavy atom. The molecule has 5 nitrogen and oxygen atoms in total. The molecule has 0 bridgehead atoms. The summed E-state index contributed by atoms with van der Waals surface area (Å²) in [7, 11) is 5.07. The molecule has 0 aromatic heterocycles. The van der Waals surface area contributed by atoms with Crippen molar-refractivity contribution in [2.24, 2.45) is 0 Å². The normalized spacial score (nSPS) is 15.7. The van der Waals surface area contributed by atoms with E-state index in [-0.39, 0.29) is 24.4 Å². The standard InChI is InChI=1S/C20H24N2O3.ClH/c1-21-13-19(23)22-10-9-15-11-17(24-2)18(25-3)12-16(15)20(22)14-7-5-4-6-8-14;/h4-8,11-12,20-21H,9-10,13H2,1-3H3;1H. The van der Waals surface area contributed by atoms with Crippen LogP contribution in [0.2, 0.25) is 0 Å². The van der Waals surface area contributed by atoms with Crippen LogP contribution in [0.15, 0.2) is 42.5 Å². The molecule has 0 radical (unpaired) electrons. The first-order chi connectivity index (χ1) is 12.2. The van der Waals surface area contributed by atoms with Gasteiger partial charge in [0.25, 0.3) is 0 Å². The number of fused-ring (bicyclic) bond motifs is 1. The Kier molecular flexibility index (Phi) is 6.89. The molecule has 1 aliphatic rings. The zero-order valence-corrected chi connectivity index (χ0v) is 16.1. The molecule has 1 aliphatic heterocycles. The highest BCUT2D eigenvalue weighted by Crippen LogP contribution is 2.40. The van der Waals surface area contributed by atoms with E-state index in [4.69, 9.17) is 9.47 Å². The van der Waals surface area contributed by atoms with E-state index in [1.165, 1.54) is 5.56 Å². The topological polar surface area (TPSA) is 50.8 Å². The van der Waals surface area contributed by atoms with Crippen LogP contribution in [0.25, 0.3) is 0 Å². The number of benzene rings is 2. The molecule has 26 heavy (non-hydrogen) atoms. The van der Waals surface area contributed by atoms with Crippen LogP contribution in [0.5, 0.6) is 11.5 Å². The fourth-order valence-electron chi connectivity index (χ4n) is 3.46. The summed E-state index contributed by atoms with van der Waals surface area (Å²) in [5.41, 5.74) is 3.39. The first kappa shape index (κ1) is 20.1. The van der Waals surface area contributed by atoms with Gasteiger partial charge < -0.3 is 19.7 Å². The monoisotopic (exact) mass is 376 g/mol. The lowest BCUT2D eigenvalue weighted by molar-refractivity contribution is -0.132. The molecule has 0 fully saturated rings. The molecule has 3 rings (SSSR count). The van der Waals surface area contributed by atoms with E-state index in [2.05, 4.69) is 17.4 Å². The second-order valence-electron chi connectivity index (χ2n) is 6.09. The number of nitrogens with zero attached hydrogens (tertiary/aromatic N) is 1. The average Bonchev–Trinajstić information content (AvgIpc) is 2.66. The minimum atomic E-state index is -0.120. The minimum Gasteiger partial charge on any atom is -0.493 e. The predicted octanol–water partition coefficient (Wildman–Crippen LogP) is 2.82. The van der Waals surface area contributed by atoms with E-state index < -0.39 is 0 Å². The van der Waals surface area contributed by atoms with Crippen LogP contribution in [-0.2, 0) is 11.2 Å². The molecule has 140 valence electrons. The molecule has 1 unspecified atom stereocenters. The maximum atomic E-state index is 12.7. The number of rotatable bonds is 5. The number of nitrogens with one attached hydrogen (secondary N) is 1. The molecule has 1 atom stereocenters. The summed E-state index contributed by atoms with van der Waals surface area (Å²) in [4.78, 5) is 14.6. The van der Waals surface area contributed by atoms with Gasteiger partial charge in [0, 0.05) is 6.54 Å². The van der Waals surface area contributed by atoms with Gasteiger partial charge in [0.2, 0.25) is 5.91 Å². The Bertz CT molecular complexity index is 752. The van der Waals surface area contributed by atoms with Gasteiger partial charge in [0.15, 0.2) is 11.5 Å². The fourth-order valence-corrected chi connectivity index (χ4v) is 3.46. The molecule has 0 spiro atoms. The number of carbonyl (C=O) groups excluding carboxylic acids is 1. The Morgan fingerprint density at radius 3 is 2.42 bits per heavy atom. The Hall–Kier alpha value is -2.24. The molecule has 0 saturated carbocycles. The van der Waals surface area contributed by atoms with Crippen LogP contribution >= 0.6 is 12.4 Å². The largest absolute Gasteiger partial charge is 0.493 e. The third kappa shape index (κ3) is 3.79. The lowest BCUT2D eigenvalue weighted by Gasteiger charge is -2.38. The first-order valence-corrected chi connectivity index (χ1v) is 8.43. The van der Waals surface area contributed by atoms with Gasteiger partial charge in [-0.25, -0.2) is 0 Å². The third-order valence-corrected chi connectivity index (χ3v) is 4.64. The highest BCUT2D eigenvalue weighted by Gasteiger charge is 2.32. The van der Waals surface area contributed by atoms with Gasteiger partial charge in [-0.05, 0) is 42.3 Å². The van der Waals surface area contributed by atoms with Crippen molar-refractivity contribution in [1.29, 1.82) is 0 Å². The number of likely N-dealkylation sites (N-methyl/N-ethyl adjacent to an activating group) is 1. The highest BCUT2D eigenvalue weighted by atomic mass is 35.5.